The van der Waals surface area contributed by atoms with Crippen LogP contribution in [0.3, 0.4) is 0 Å². The van der Waals surface area contributed by atoms with Crippen LogP contribution in [-0.4, -0.2) is 10.1 Å². The summed E-state index contributed by atoms with van der Waals surface area (Å²) in [5.41, 5.74) is 0.218. The van der Waals surface area contributed by atoms with Crippen molar-refractivity contribution in [2.75, 3.05) is 0 Å². The SMILES string of the molecule is Cc1cnc(O)cc1C(F)F. The highest BCUT2D eigenvalue weighted by Crippen LogP contribution is 2.23. The van der Waals surface area contributed by atoms with Crippen LogP contribution in [0.5, 0.6) is 5.88 Å². The number of aromatic hydroxyl groups is 1. The third-order valence-electron chi connectivity index (χ3n) is 1.37. The lowest BCUT2D eigenvalue weighted by atomic mass is 10.2. The molecular weight excluding hydrogens is 152 g/mol. The van der Waals surface area contributed by atoms with Gasteiger partial charge in [0.25, 0.3) is 6.43 Å². The molecule has 1 rings (SSSR count). The van der Waals surface area contributed by atoms with Gasteiger partial charge in [-0.3, -0.25) is 0 Å². The second kappa shape index (κ2) is 2.82. The Morgan fingerprint density at radius 3 is 2.64 bits per heavy atom. The van der Waals surface area contributed by atoms with Gasteiger partial charge in [0.1, 0.15) is 0 Å². The Balaban J connectivity index is 3.13. The van der Waals surface area contributed by atoms with E-state index >= 15 is 0 Å². The van der Waals surface area contributed by atoms with E-state index in [4.69, 9.17) is 5.11 Å². The maximum atomic E-state index is 12.1. The van der Waals surface area contributed by atoms with Gasteiger partial charge in [-0.1, -0.05) is 0 Å². The Bertz CT molecular complexity index is 263. The highest BCUT2D eigenvalue weighted by Gasteiger charge is 2.10. The van der Waals surface area contributed by atoms with E-state index in [9.17, 15) is 8.78 Å². The Labute approximate surface area is 62.5 Å². The number of hydrogen-bond donors (Lipinski definition) is 1. The second-order valence-corrected chi connectivity index (χ2v) is 2.20. The van der Waals surface area contributed by atoms with Crippen LogP contribution in [0, 0.1) is 6.92 Å². The lowest BCUT2D eigenvalue weighted by Gasteiger charge is -2.02. The molecular formula is C7H7F2NO. The zero-order chi connectivity index (χ0) is 8.43. The van der Waals surface area contributed by atoms with Crippen molar-refractivity contribution < 1.29 is 13.9 Å². The summed E-state index contributed by atoms with van der Waals surface area (Å²) >= 11 is 0. The fourth-order valence-electron chi connectivity index (χ4n) is 0.763. The van der Waals surface area contributed by atoms with Gasteiger partial charge in [0.05, 0.1) is 0 Å². The maximum absolute atomic E-state index is 12.1. The molecule has 11 heavy (non-hydrogen) atoms. The van der Waals surface area contributed by atoms with Crippen LogP contribution >= 0.6 is 0 Å². The van der Waals surface area contributed by atoms with E-state index in [0.29, 0.717) is 5.56 Å². The molecule has 0 saturated carbocycles. The quantitative estimate of drug-likeness (QED) is 0.680. The second-order valence-electron chi connectivity index (χ2n) is 2.20. The summed E-state index contributed by atoms with van der Waals surface area (Å²) < 4.78 is 24.1. The van der Waals surface area contributed by atoms with Gasteiger partial charge in [-0.05, 0) is 12.5 Å². The molecule has 0 aliphatic carbocycles. The molecule has 1 heterocycles. The van der Waals surface area contributed by atoms with E-state index in [0.717, 1.165) is 6.07 Å². The summed E-state index contributed by atoms with van der Waals surface area (Å²) in [7, 11) is 0. The zero-order valence-corrected chi connectivity index (χ0v) is 5.88. The predicted octanol–water partition coefficient (Wildman–Crippen LogP) is 2.03. The third-order valence-corrected chi connectivity index (χ3v) is 1.37. The summed E-state index contributed by atoms with van der Waals surface area (Å²) in [6.45, 7) is 1.52. The Morgan fingerprint density at radius 1 is 1.55 bits per heavy atom. The number of halogens is 2. The van der Waals surface area contributed by atoms with Crippen molar-refractivity contribution in [2.24, 2.45) is 0 Å². The van der Waals surface area contributed by atoms with Gasteiger partial charge in [-0.25, -0.2) is 13.8 Å². The van der Waals surface area contributed by atoms with E-state index < -0.39 is 6.43 Å². The third kappa shape index (κ3) is 1.63. The number of aryl methyl sites for hydroxylation is 1. The van der Waals surface area contributed by atoms with Crippen LogP contribution in [0.15, 0.2) is 12.3 Å². The Morgan fingerprint density at radius 2 is 2.18 bits per heavy atom. The van der Waals surface area contributed by atoms with Crippen LogP contribution in [0.2, 0.25) is 0 Å². The number of nitrogens with zero attached hydrogens (tertiary/aromatic N) is 1. The van der Waals surface area contributed by atoms with Gasteiger partial charge in [-0.2, -0.15) is 0 Å². The average molecular weight is 159 g/mol. The first-order valence-corrected chi connectivity index (χ1v) is 3.05. The molecule has 0 atom stereocenters. The first kappa shape index (κ1) is 7.91. The van der Waals surface area contributed by atoms with Crippen LogP contribution in [0.4, 0.5) is 8.78 Å². The van der Waals surface area contributed by atoms with E-state index in [-0.39, 0.29) is 11.4 Å². The number of alkyl halides is 2. The molecule has 0 fully saturated rings. The molecule has 0 unspecified atom stereocenters. The number of hydrogen-bond acceptors (Lipinski definition) is 2. The minimum atomic E-state index is -2.55. The highest BCUT2D eigenvalue weighted by atomic mass is 19.3. The molecule has 1 N–H and O–H groups in total. The van der Waals surface area contributed by atoms with Gasteiger partial charge in [0.15, 0.2) is 0 Å². The van der Waals surface area contributed by atoms with Crippen LogP contribution < -0.4 is 0 Å². The van der Waals surface area contributed by atoms with Crippen LogP contribution in [0.1, 0.15) is 17.6 Å². The molecule has 0 amide bonds. The molecule has 0 aliphatic rings. The summed E-state index contributed by atoms with van der Waals surface area (Å²) in [4.78, 5) is 3.44. The smallest absolute Gasteiger partial charge is 0.264 e. The minimum Gasteiger partial charge on any atom is -0.493 e. The fourth-order valence-corrected chi connectivity index (χ4v) is 0.763. The van der Waals surface area contributed by atoms with Crippen molar-refractivity contribution in [3.8, 4) is 5.88 Å². The summed E-state index contributed by atoms with van der Waals surface area (Å²) in [6.07, 6.45) is -1.33. The van der Waals surface area contributed by atoms with Gasteiger partial charge < -0.3 is 5.11 Å². The Hall–Kier alpha value is -1.19. The summed E-state index contributed by atoms with van der Waals surface area (Å²) in [6, 6.07) is 0.972. The van der Waals surface area contributed by atoms with Gasteiger partial charge >= 0.3 is 0 Å². The molecule has 0 aromatic carbocycles. The zero-order valence-electron chi connectivity index (χ0n) is 5.88. The van der Waals surface area contributed by atoms with Crippen molar-refractivity contribution >= 4 is 0 Å². The van der Waals surface area contributed by atoms with Gasteiger partial charge in [0.2, 0.25) is 5.88 Å². The molecule has 0 radical (unpaired) electrons. The lowest BCUT2D eigenvalue weighted by Crippen LogP contribution is -1.90. The van der Waals surface area contributed by atoms with Crippen molar-refractivity contribution in [1.82, 2.24) is 4.98 Å². The maximum Gasteiger partial charge on any atom is 0.264 e. The number of rotatable bonds is 1. The molecule has 4 heteroatoms. The predicted molar refractivity (Wildman–Crippen MR) is 35.6 cm³/mol. The highest BCUT2D eigenvalue weighted by molar-refractivity contribution is 5.28. The molecule has 0 saturated heterocycles. The molecule has 1 aromatic heterocycles. The van der Waals surface area contributed by atoms with Gasteiger partial charge in [0, 0.05) is 17.8 Å². The normalized spacial score (nSPS) is 10.5. The Kier molecular flexibility index (Phi) is 2.03. The number of aromatic nitrogens is 1. The van der Waals surface area contributed by atoms with E-state index in [1.54, 1.807) is 0 Å². The minimum absolute atomic E-state index is 0.169. The molecule has 0 bridgehead atoms. The largest absolute Gasteiger partial charge is 0.493 e. The average Bonchev–Trinajstić information content (AvgIpc) is 1.94. The molecule has 0 aliphatic heterocycles. The van der Waals surface area contributed by atoms with Crippen molar-refractivity contribution in [1.29, 1.82) is 0 Å². The molecule has 2 nitrogen and oxygen atoms in total. The van der Waals surface area contributed by atoms with Gasteiger partial charge in [-0.15, -0.1) is 0 Å². The van der Waals surface area contributed by atoms with Crippen molar-refractivity contribution in [3.63, 3.8) is 0 Å². The topological polar surface area (TPSA) is 33.1 Å². The summed E-state index contributed by atoms with van der Waals surface area (Å²) in [5, 5.41) is 8.74. The first-order chi connectivity index (χ1) is 5.11. The van der Waals surface area contributed by atoms with E-state index in [1.165, 1.54) is 13.1 Å². The monoisotopic (exact) mass is 159 g/mol. The van der Waals surface area contributed by atoms with Crippen molar-refractivity contribution in [2.45, 2.75) is 13.3 Å². The van der Waals surface area contributed by atoms with Crippen LogP contribution in [0.25, 0.3) is 0 Å². The van der Waals surface area contributed by atoms with Crippen LogP contribution in [-0.2, 0) is 0 Å². The molecule has 60 valence electrons. The lowest BCUT2D eigenvalue weighted by molar-refractivity contribution is 0.150. The molecule has 0 spiro atoms. The standard InChI is InChI=1S/C7H7F2NO/c1-4-3-10-6(11)2-5(4)7(8)9/h2-3,7H,1H3,(H,10,11). The van der Waals surface area contributed by atoms with E-state index in [1.807, 2.05) is 0 Å². The summed E-state index contributed by atoms with van der Waals surface area (Å²) in [5.74, 6) is -0.370. The first-order valence-electron chi connectivity index (χ1n) is 3.05. The molecule has 1 aromatic rings. The van der Waals surface area contributed by atoms with Crippen molar-refractivity contribution in [3.05, 3.63) is 23.4 Å². The van der Waals surface area contributed by atoms with E-state index in [2.05, 4.69) is 4.98 Å². The number of pyridine rings is 1. The fraction of sp³-hybridized carbons (Fsp3) is 0.286.